The minimum absolute atomic E-state index is 0.101. The normalized spacial score (nSPS) is 16.3. The number of nitrogens with zero attached hydrogens (tertiary/aromatic N) is 1. The van der Waals surface area contributed by atoms with Gasteiger partial charge in [0.15, 0.2) is 0 Å². The van der Waals surface area contributed by atoms with Crippen LogP contribution in [-0.4, -0.2) is 50.3 Å². The summed E-state index contributed by atoms with van der Waals surface area (Å²) in [7, 11) is 0. The fourth-order valence-corrected chi connectivity index (χ4v) is 3.92. The molecule has 9 heteroatoms. The molecule has 1 amide bonds. The number of hydrogen-bond donors (Lipinski definition) is 1. The maximum absolute atomic E-state index is 12.5. The lowest BCUT2D eigenvalue weighted by atomic mass is 10.0. The highest BCUT2D eigenvalue weighted by Crippen LogP contribution is 2.27. The first-order valence-electron chi connectivity index (χ1n) is 8.42. The minimum Gasteiger partial charge on any atom is -0.433 e. The third kappa shape index (κ3) is 5.38. The van der Waals surface area contributed by atoms with Crippen LogP contribution in [0.1, 0.15) is 21.3 Å². The molecule has 0 bridgehead atoms. The van der Waals surface area contributed by atoms with Crippen LogP contribution in [0.4, 0.5) is 8.78 Å². The van der Waals surface area contributed by atoms with Gasteiger partial charge in [-0.1, -0.05) is 23.7 Å². The highest BCUT2D eigenvalue weighted by atomic mass is 35.5. The van der Waals surface area contributed by atoms with E-state index in [4.69, 9.17) is 16.3 Å². The summed E-state index contributed by atoms with van der Waals surface area (Å²) >= 11 is 7.18. The van der Waals surface area contributed by atoms with Gasteiger partial charge in [-0.3, -0.25) is 9.69 Å². The minimum atomic E-state index is -2.97. The van der Waals surface area contributed by atoms with E-state index < -0.39 is 12.5 Å². The maximum Gasteiger partial charge on any atom is 0.387 e. The Labute approximate surface area is 164 Å². The SMILES string of the molecule is O=C(NCC(c1cccc(Cl)c1)N1CCOCC1)c1sccc1OC(F)F. The van der Waals surface area contributed by atoms with Crippen molar-refractivity contribution in [3.63, 3.8) is 0 Å². The zero-order valence-corrected chi connectivity index (χ0v) is 15.9. The van der Waals surface area contributed by atoms with Gasteiger partial charge in [0.2, 0.25) is 0 Å². The van der Waals surface area contributed by atoms with Gasteiger partial charge >= 0.3 is 6.61 Å². The molecule has 27 heavy (non-hydrogen) atoms. The predicted octanol–water partition coefficient (Wildman–Crippen LogP) is 3.81. The van der Waals surface area contributed by atoms with Gasteiger partial charge in [-0.2, -0.15) is 8.78 Å². The number of amides is 1. The molecule has 5 nitrogen and oxygen atoms in total. The summed E-state index contributed by atoms with van der Waals surface area (Å²) in [6.07, 6.45) is 0. The molecule has 0 saturated carbocycles. The molecule has 1 aliphatic heterocycles. The van der Waals surface area contributed by atoms with E-state index in [9.17, 15) is 13.6 Å². The second kappa shape index (κ2) is 9.45. The number of carbonyl (C=O) groups is 1. The van der Waals surface area contributed by atoms with Crippen molar-refractivity contribution in [3.8, 4) is 5.75 Å². The lowest BCUT2D eigenvalue weighted by molar-refractivity contribution is -0.0498. The molecule has 146 valence electrons. The topological polar surface area (TPSA) is 50.8 Å². The van der Waals surface area contributed by atoms with Gasteiger partial charge in [0, 0.05) is 24.7 Å². The van der Waals surface area contributed by atoms with Crippen molar-refractivity contribution in [2.75, 3.05) is 32.8 Å². The zero-order chi connectivity index (χ0) is 19.2. The Morgan fingerprint density at radius 1 is 1.33 bits per heavy atom. The molecular formula is C18H19ClF2N2O3S. The molecular weight excluding hydrogens is 398 g/mol. The van der Waals surface area contributed by atoms with Gasteiger partial charge in [-0.05, 0) is 29.1 Å². The number of hydrogen-bond acceptors (Lipinski definition) is 5. The molecule has 1 aromatic carbocycles. The van der Waals surface area contributed by atoms with Crippen molar-refractivity contribution in [2.24, 2.45) is 0 Å². The van der Waals surface area contributed by atoms with Crippen LogP contribution in [0.3, 0.4) is 0 Å². The molecule has 1 aromatic heterocycles. The quantitative estimate of drug-likeness (QED) is 0.745. The lowest BCUT2D eigenvalue weighted by Crippen LogP contribution is -2.43. The average Bonchev–Trinajstić information content (AvgIpc) is 3.10. The first-order valence-corrected chi connectivity index (χ1v) is 9.68. The number of alkyl halides is 2. The van der Waals surface area contributed by atoms with Crippen LogP contribution in [0.15, 0.2) is 35.7 Å². The van der Waals surface area contributed by atoms with Crippen LogP contribution in [0.25, 0.3) is 0 Å². The van der Waals surface area contributed by atoms with E-state index in [1.807, 2.05) is 18.2 Å². The van der Waals surface area contributed by atoms with Crippen molar-refractivity contribution in [2.45, 2.75) is 12.7 Å². The number of benzene rings is 1. The molecule has 2 aromatic rings. The number of nitrogens with one attached hydrogen (secondary N) is 1. The van der Waals surface area contributed by atoms with E-state index in [0.717, 1.165) is 30.0 Å². The van der Waals surface area contributed by atoms with Crippen molar-refractivity contribution in [1.82, 2.24) is 10.2 Å². The van der Waals surface area contributed by atoms with E-state index in [0.29, 0.717) is 24.8 Å². The number of halogens is 3. The average molecular weight is 417 g/mol. The highest BCUT2D eigenvalue weighted by Gasteiger charge is 2.25. The number of morpholine rings is 1. The Bertz CT molecular complexity index is 769. The third-order valence-corrected chi connectivity index (χ3v) is 5.36. The van der Waals surface area contributed by atoms with E-state index in [1.165, 1.54) is 6.07 Å². The van der Waals surface area contributed by atoms with Crippen LogP contribution < -0.4 is 10.1 Å². The maximum atomic E-state index is 12.5. The van der Waals surface area contributed by atoms with Gasteiger partial charge in [0.1, 0.15) is 10.6 Å². The lowest BCUT2D eigenvalue weighted by Gasteiger charge is -2.35. The van der Waals surface area contributed by atoms with Gasteiger partial charge < -0.3 is 14.8 Å². The summed E-state index contributed by atoms with van der Waals surface area (Å²) in [4.78, 5) is 14.8. The van der Waals surface area contributed by atoms with Crippen molar-refractivity contribution < 1.29 is 23.0 Å². The van der Waals surface area contributed by atoms with Gasteiger partial charge in [-0.25, -0.2) is 0 Å². The monoisotopic (exact) mass is 416 g/mol. The van der Waals surface area contributed by atoms with Crippen molar-refractivity contribution >= 4 is 28.8 Å². The largest absolute Gasteiger partial charge is 0.433 e. The molecule has 1 saturated heterocycles. The van der Waals surface area contributed by atoms with Crippen LogP contribution in [0.5, 0.6) is 5.75 Å². The zero-order valence-electron chi connectivity index (χ0n) is 14.4. The Morgan fingerprint density at radius 3 is 2.81 bits per heavy atom. The predicted molar refractivity (Wildman–Crippen MR) is 99.9 cm³/mol. The van der Waals surface area contributed by atoms with Crippen molar-refractivity contribution in [1.29, 1.82) is 0 Å². The Balaban J connectivity index is 1.72. The first kappa shape index (κ1) is 20.0. The second-order valence-corrected chi connectivity index (χ2v) is 7.27. The number of ether oxygens (including phenoxy) is 2. The Morgan fingerprint density at radius 2 is 2.11 bits per heavy atom. The molecule has 0 radical (unpaired) electrons. The standard InChI is InChI=1S/C18H19ClF2N2O3S/c19-13-3-1-2-12(10-13)14(23-5-7-25-8-6-23)11-22-17(24)16-15(4-9-27-16)26-18(20)21/h1-4,9-10,14,18H,5-8,11H2,(H,22,24). The van der Waals surface area contributed by atoms with Crippen molar-refractivity contribution in [3.05, 3.63) is 51.2 Å². The molecule has 1 unspecified atom stereocenters. The van der Waals surface area contributed by atoms with Gasteiger partial charge in [0.05, 0.1) is 19.3 Å². The number of rotatable bonds is 7. The summed E-state index contributed by atoms with van der Waals surface area (Å²) in [5.74, 6) is -0.556. The third-order valence-electron chi connectivity index (χ3n) is 4.23. The van der Waals surface area contributed by atoms with Gasteiger partial charge in [-0.15, -0.1) is 11.3 Å². The summed E-state index contributed by atoms with van der Waals surface area (Å²) in [5, 5.41) is 4.99. The first-order chi connectivity index (χ1) is 13.0. The number of thiophene rings is 1. The molecule has 1 N–H and O–H groups in total. The van der Waals surface area contributed by atoms with Crippen LogP contribution in [0.2, 0.25) is 5.02 Å². The van der Waals surface area contributed by atoms with Crippen LogP contribution in [0, 0.1) is 0 Å². The Hall–Kier alpha value is -1.74. The molecule has 2 heterocycles. The van der Waals surface area contributed by atoms with Crippen LogP contribution in [-0.2, 0) is 4.74 Å². The summed E-state index contributed by atoms with van der Waals surface area (Å²) in [6, 6.07) is 8.73. The number of carbonyl (C=O) groups excluding carboxylic acids is 1. The fourth-order valence-electron chi connectivity index (χ4n) is 2.98. The second-order valence-electron chi connectivity index (χ2n) is 5.92. The molecule has 0 spiro atoms. The molecule has 3 rings (SSSR count). The van der Waals surface area contributed by atoms with Gasteiger partial charge in [0.25, 0.3) is 5.91 Å². The summed E-state index contributed by atoms with van der Waals surface area (Å²) in [6.45, 7) is 0.0200. The summed E-state index contributed by atoms with van der Waals surface area (Å²) < 4.78 is 34.8. The molecule has 0 aliphatic carbocycles. The smallest absolute Gasteiger partial charge is 0.387 e. The van der Waals surface area contributed by atoms with E-state index in [-0.39, 0.29) is 16.7 Å². The molecule has 1 fully saturated rings. The van der Waals surface area contributed by atoms with E-state index >= 15 is 0 Å². The van der Waals surface area contributed by atoms with Crippen LogP contribution >= 0.6 is 22.9 Å². The molecule has 1 atom stereocenters. The van der Waals surface area contributed by atoms with E-state index in [1.54, 1.807) is 11.4 Å². The molecule has 1 aliphatic rings. The summed E-state index contributed by atoms with van der Waals surface area (Å²) in [5.41, 5.74) is 0.972. The van der Waals surface area contributed by atoms with E-state index in [2.05, 4.69) is 15.0 Å². The highest BCUT2D eigenvalue weighted by molar-refractivity contribution is 7.12. The fraction of sp³-hybridized carbons (Fsp3) is 0.389. The Kier molecular flexibility index (Phi) is 7.01.